The highest BCUT2D eigenvalue weighted by Gasteiger charge is 2.18. The molecule has 27 heavy (non-hydrogen) atoms. The van der Waals surface area contributed by atoms with Crippen molar-refractivity contribution in [1.29, 1.82) is 0 Å². The molecule has 1 heterocycles. The van der Waals surface area contributed by atoms with E-state index in [1.165, 1.54) is 51.0 Å². The van der Waals surface area contributed by atoms with E-state index in [0.29, 0.717) is 0 Å². The lowest BCUT2D eigenvalue weighted by atomic mass is 10.0. The molecule has 0 spiro atoms. The van der Waals surface area contributed by atoms with E-state index in [0.717, 1.165) is 12.8 Å². The van der Waals surface area contributed by atoms with Crippen molar-refractivity contribution in [2.45, 2.75) is 26.2 Å². The molecule has 132 valence electrons. The Balaban J connectivity index is 1.79. The van der Waals surface area contributed by atoms with Gasteiger partial charge in [0.05, 0.1) is 5.52 Å². The van der Waals surface area contributed by atoms with Crippen molar-refractivity contribution >= 4 is 17.0 Å². The molecule has 0 saturated heterocycles. The van der Waals surface area contributed by atoms with Crippen molar-refractivity contribution in [3.05, 3.63) is 95.7 Å². The molecular weight excluding hydrogens is 326 g/mol. The molecule has 3 aromatic carbocycles. The normalized spacial score (nSPS) is 13.5. The number of hydrogen-bond donors (Lipinski definition) is 0. The van der Waals surface area contributed by atoms with Crippen LogP contribution in [-0.2, 0) is 6.42 Å². The number of aromatic nitrogens is 1. The van der Waals surface area contributed by atoms with E-state index in [-0.39, 0.29) is 0 Å². The molecule has 1 nitrogen and oxygen atoms in total. The van der Waals surface area contributed by atoms with Crippen LogP contribution in [0.1, 0.15) is 29.7 Å². The van der Waals surface area contributed by atoms with E-state index >= 15 is 0 Å². The predicted octanol–water partition coefficient (Wildman–Crippen LogP) is 6.96. The molecule has 0 saturated carbocycles. The number of nitrogens with zero attached hydrogens (tertiary/aromatic N) is 1. The molecule has 1 aliphatic carbocycles. The van der Waals surface area contributed by atoms with Gasteiger partial charge in [0.1, 0.15) is 0 Å². The Kier molecular flexibility index (Phi) is 3.94. The van der Waals surface area contributed by atoms with Gasteiger partial charge in [-0.15, -0.1) is 0 Å². The summed E-state index contributed by atoms with van der Waals surface area (Å²) in [6.45, 7) is 2.19. The number of fused-ring (bicyclic) bond motifs is 3. The smallest absolute Gasteiger partial charge is 0.0537 e. The molecular formula is C26H23N. The molecule has 0 fully saturated rings. The number of allylic oxidation sites excluding steroid dienone is 1. The molecule has 4 aromatic rings. The summed E-state index contributed by atoms with van der Waals surface area (Å²) >= 11 is 0. The van der Waals surface area contributed by atoms with Crippen molar-refractivity contribution < 1.29 is 0 Å². The molecule has 0 bridgehead atoms. The maximum Gasteiger partial charge on any atom is 0.0537 e. The maximum atomic E-state index is 2.49. The standard InChI is InChI=1S/C26H23N/c1-19-16-21(20-10-4-2-5-11-20)18-22(17-19)27-25-14-7-3-6-12-23(25)24-13-8-9-15-26(24)27/h2,4-6,8-13,15-18H,3,7,14H2,1H3. The van der Waals surface area contributed by atoms with Gasteiger partial charge in [-0.25, -0.2) is 0 Å². The van der Waals surface area contributed by atoms with Crippen LogP contribution in [0.3, 0.4) is 0 Å². The summed E-state index contributed by atoms with van der Waals surface area (Å²) in [5, 5.41) is 1.36. The summed E-state index contributed by atoms with van der Waals surface area (Å²) in [5.41, 5.74) is 9.24. The number of aryl methyl sites for hydroxylation is 1. The Morgan fingerprint density at radius 1 is 0.815 bits per heavy atom. The first kappa shape index (κ1) is 16.1. The Hall–Kier alpha value is -3.06. The van der Waals surface area contributed by atoms with E-state index in [9.17, 15) is 0 Å². The van der Waals surface area contributed by atoms with E-state index in [1.54, 1.807) is 0 Å². The highest BCUT2D eigenvalue weighted by Crippen LogP contribution is 2.35. The summed E-state index contributed by atoms with van der Waals surface area (Å²) in [5.74, 6) is 0. The third-order valence-electron chi connectivity index (χ3n) is 5.51. The van der Waals surface area contributed by atoms with Crippen LogP contribution in [0.2, 0.25) is 0 Å². The van der Waals surface area contributed by atoms with Gasteiger partial charge in [0.15, 0.2) is 0 Å². The molecule has 0 N–H and O–H groups in total. The lowest BCUT2D eigenvalue weighted by Crippen LogP contribution is -2.02. The maximum absolute atomic E-state index is 2.49. The van der Waals surface area contributed by atoms with Gasteiger partial charge in [-0.2, -0.15) is 0 Å². The van der Waals surface area contributed by atoms with Crippen LogP contribution in [0.25, 0.3) is 33.8 Å². The van der Waals surface area contributed by atoms with Crippen LogP contribution in [0.5, 0.6) is 0 Å². The summed E-state index contributed by atoms with van der Waals surface area (Å²) in [4.78, 5) is 0. The van der Waals surface area contributed by atoms with Crippen molar-refractivity contribution in [1.82, 2.24) is 4.57 Å². The van der Waals surface area contributed by atoms with Gasteiger partial charge in [0.2, 0.25) is 0 Å². The lowest BCUT2D eigenvalue weighted by Gasteiger charge is -2.14. The fourth-order valence-electron chi connectivity index (χ4n) is 4.32. The molecule has 1 aliphatic rings. The van der Waals surface area contributed by atoms with Crippen LogP contribution < -0.4 is 0 Å². The van der Waals surface area contributed by atoms with Gasteiger partial charge >= 0.3 is 0 Å². The minimum Gasteiger partial charge on any atom is -0.313 e. The van der Waals surface area contributed by atoms with Gasteiger partial charge in [0, 0.05) is 22.3 Å². The first-order valence-corrected chi connectivity index (χ1v) is 9.77. The summed E-state index contributed by atoms with van der Waals surface area (Å²) < 4.78 is 2.49. The quantitative estimate of drug-likeness (QED) is 0.369. The first-order valence-electron chi connectivity index (χ1n) is 9.77. The average Bonchev–Trinajstić information content (AvgIpc) is 2.84. The highest BCUT2D eigenvalue weighted by atomic mass is 15.0. The molecule has 0 aliphatic heterocycles. The van der Waals surface area contributed by atoms with Crippen LogP contribution in [0.15, 0.2) is 78.9 Å². The predicted molar refractivity (Wildman–Crippen MR) is 115 cm³/mol. The number of para-hydroxylation sites is 1. The zero-order valence-electron chi connectivity index (χ0n) is 15.7. The number of benzene rings is 3. The van der Waals surface area contributed by atoms with Gasteiger partial charge < -0.3 is 4.57 Å². The van der Waals surface area contributed by atoms with Gasteiger partial charge in [-0.05, 0) is 61.1 Å². The van der Waals surface area contributed by atoms with Crippen molar-refractivity contribution in [2.75, 3.05) is 0 Å². The summed E-state index contributed by atoms with van der Waals surface area (Å²) in [6.07, 6.45) is 8.14. The second-order valence-electron chi connectivity index (χ2n) is 7.43. The van der Waals surface area contributed by atoms with Gasteiger partial charge in [0.25, 0.3) is 0 Å². The third-order valence-corrected chi connectivity index (χ3v) is 5.51. The molecule has 0 atom stereocenters. The van der Waals surface area contributed by atoms with Crippen LogP contribution in [0, 0.1) is 6.92 Å². The lowest BCUT2D eigenvalue weighted by molar-refractivity contribution is 0.807. The molecule has 0 unspecified atom stereocenters. The molecule has 0 amide bonds. The van der Waals surface area contributed by atoms with Crippen molar-refractivity contribution in [3.8, 4) is 16.8 Å². The zero-order chi connectivity index (χ0) is 18.2. The second kappa shape index (κ2) is 6.59. The van der Waals surface area contributed by atoms with Crippen LogP contribution in [0.4, 0.5) is 0 Å². The second-order valence-corrected chi connectivity index (χ2v) is 7.43. The van der Waals surface area contributed by atoms with E-state index < -0.39 is 0 Å². The fraction of sp³-hybridized carbons (Fsp3) is 0.154. The van der Waals surface area contributed by atoms with Crippen LogP contribution in [-0.4, -0.2) is 4.57 Å². The van der Waals surface area contributed by atoms with Gasteiger partial charge in [-0.1, -0.05) is 66.7 Å². The fourth-order valence-corrected chi connectivity index (χ4v) is 4.32. The topological polar surface area (TPSA) is 4.93 Å². The Labute approximate surface area is 160 Å². The Bertz CT molecular complexity index is 1150. The van der Waals surface area contributed by atoms with Gasteiger partial charge in [-0.3, -0.25) is 0 Å². The van der Waals surface area contributed by atoms with Crippen LogP contribution >= 0.6 is 0 Å². The molecule has 5 rings (SSSR count). The highest BCUT2D eigenvalue weighted by molar-refractivity contribution is 5.93. The minimum atomic E-state index is 1.12. The molecule has 0 radical (unpaired) electrons. The van der Waals surface area contributed by atoms with Crippen molar-refractivity contribution in [2.24, 2.45) is 0 Å². The SMILES string of the molecule is Cc1cc(-c2ccccc2)cc(-n2c3c(c4ccccc42)C=CCCC3)c1. The summed E-state index contributed by atoms with van der Waals surface area (Å²) in [6, 6.07) is 26.4. The minimum absolute atomic E-state index is 1.12. The van der Waals surface area contributed by atoms with E-state index in [2.05, 4.69) is 96.4 Å². The Morgan fingerprint density at radius 2 is 1.63 bits per heavy atom. The number of hydrogen-bond acceptors (Lipinski definition) is 0. The van der Waals surface area contributed by atoms with Crippen molar-refractivity contribution in [3.63, 3.8) is 0 Å². The first-order chi connectivity index (χ1) is 13.3. The third kappa shape index (κ3) is 2.80. The Morgan fingerprint density at radius 3 is 2.52 bits per heavy atom. The van der Waals surface area contributed by atoms with E-state index in [4.69, 9.17) is 0 Å². The summed E-state index contributed by atoms with van der Waals surface area (Å²) in [7, 11) is 0. The molecule has 1 heteroatoms. The van der Waals surface area contributed by atoms with E-state index in [1.807, 2.05) is 0 Å². The molecule has 1 aromatic heterocycles. The largest absolute Gasteiger partial charge is 0.313 e. The zero-order valence-corrected chi connectivity index (χ0v) is 15.7. The number of rotatable bonds is 2. The monoisotopic (exact) mass is 349 g/mol. The average molecular weight is 349 g/mol.